The molecule has 0 aliphatic carbocycles. The van der Waals surface area contributed by atoms with Crippen molar-refractivity contribution >= 4 is 81.9 Å². The zero-order valence-electron chi connectivity index (χ0n) is 66.7. The Morgan fingerprint density at radius 3 is 0.629 bits per heavy atom. The molecule has 14 nitrogen and oxygen atoms in total. The molecule has 0 aromatic heterocycles. The summed E-state index contributed by atoms with van der Waals surface area (Å²) in [7, 11) is -10.0. The average Bonchev–Trinajstić information content (AvgIpc) is 0.799. The topological polar surface area (TPSA) is 220 Å². The van der Waals surface area contributed by atoms with Gasteiger partial charge in [-0.05, 0) is 178 Å². The van der Waals surface area contributed by atoms with Crippen molar-refractivity contribution in [1.29, 1.82) is 0 Å². The van der Waals surface area contributed by atoms with E-state index >= 15 is 0 Å². The van der Waals surface area contributed by atoms with Gasteiger partial charge in [-0.2, -0.15) is 0 Å². The average molecular weight is 1530 g/mol. The van der Waals surface area contributed by atoms with Crippen LogP contribution >= 0.6 is 0 Å². The molecule has 0 unspecified atom stereocenters. The van der Waals surface area contributed by atoms with Gasteiger partial charge in [0, 0.05) is 0 Å². The largest absolute Gasteiger partial charge is 2.00 e. The maximum atomic E-state index is 13.0. The molecule has 2 aromatic rings. The van der Waals surface area contributed by atoms with Gasteiger partial charge in [0.1, 0.15) is 20.2 Å². The van der Waals surface area contributed by atoms with Gasteiger partial charge in [-0.25, -0.2) is 36.0 Å². The van der Waals surface area contributed by atoms with Gasteiger partial charge in [-0.1, -0.05) is 294 Å². The number of allylic oxidation sites excluding steroid dienone is 8. The van der Waals surface area contributed by atoms with E-state index in [0.29, 0.717) is 25.7 Å². The van der Waals surface area contributed by atoms with Crippen molar-refractivity contribution in [1.82, 2.24) is 0 Å². The summed E-state index contributed by atoms with van der Waals surface area (Å²) in [6.07, 6.45) is 83.8. The predicted molar refractivity (Wildman–Crippen MR) is 434 cm³/mol. The number of hydrogen-bond donors (Lipinski definition) is 0. The van der Waals surface area contributed by atoms with Crippen LogP contribution in [0.3, 0.4) is 0 Å². The number of carbonyl (C=O) groups excluding carboxylic acids is 4. The fourth-order valence-electron chi connectivity index (χ4n) is 12.6. The molecular weight excluding hydrogens is 1390 g/mol. The third-order valence-electron chi connectivity index (χ3n) is 19.0. The molecule has 0 saturated heterocycles. The number of ether oxygens (including phenoxy) is 4. The summed E-state index contributed by atoms with van der Waals surface area (Å²) in [5.74, 6) is -3.69. The van der Waals surface area contributed by atoms with Gasteiger partial charge < -0.3 is 28.1 Å². The standard InChI is InChI=1S/2C44H74O7S.Ca/c2*1-3-5-7-9-11-13-15-17-19-21-23-25-27-29-31-33-38-50-43(45)40-36-35-37-41(52(47,48)49)42(40)44(46)51-39-34-32-30-28-26-24-22-20-18-16-14-12-10-8-6-4-2;/h2*23-26,35-37H,3-22,27-34,38-39H2,1-2H3,(H,47,48,49);/q;;+2/p-2/b2*25-23+,26-24+;. The summed E-state index contributed by atoms with van der Waals surface area (Å²) in [5.41, 5.74) is -1.62. The van der Waals surface area contributed by atoms with Crippen LogP contribution in [0.2, 0.25) is 0 Å². The van der Waals surface area contributed by atoms with Gasteiger partial charge in [-0.15, -0.1) is 0 Å². The summed E-state index contributed by atoms with van der Waals surface area (Å²) in [6.45, 7) is 9.40. The van der Waals surface area contributed by atoms with Crippen molar-refractivity contribution in [3.8, 4) is 0 Å². The second-order valence-electron chi connectivity index (χ2n) is 28.6. The Balaban J connectivity index is 0.00000204. The third kappa shape index (κ3) is 58.9. The molecule has 0 aliphatic rings. The van der Waals surface area contributed by atoms with Gasteiger partial charge in [0.2, 0.25) is 0 Å². The van der Waals surface area contributed by atoms with E-state index in [0.717, 1.165) is 115 Å². The van der Waals surface area contributed by atoms with Crippen molar-refractivity contribution in [2.24, 2.45) is 0 Å². The van der Waals surface area contributed by atoms with Crippen LogP contribution in [0.4, 0.5) is 0 Å². The summed E-state index contributed by atoms with van der Waals surface area (Å²) in [6, 6.07) is 7.18. The molecule has 0 aliphatic heterocycles. The molecule has 0 saturated carbocycles. The molecule has 0 bridgehead atoms. The van der Waals surface area contributed by atoms with E-state index in [1.54, 1.807) is 0 Å². The van der Waals surface area contributed by atoms with E-state index in [9.17, 15) is 45.1 Å². The first kappa shape index (κ1) is 101. The molecule has 0 spiro atoms. The Morgan fingerprint density at radius 1 is 0.267 bits per heavy atom. The normalized spacial score (nSPS) is 11.8. The first-order chi connectivity index (χ1) is 50.6. The minimum atomic E-state index is -5.02. The van der Waals surface area contributed by atoms with Crippen LogP contribution in [0.1, 0.15) is 429 Å². The van der Waals surface area contributed by atoms with Crippen LogP contribution in [0, 0.1) is 0 Å². The quantitative estimate of drug-likeness (QED) is 0.0150. The van der Waals surface area contributed by atoms with Crippen LogP contribution in [-0.2, 0) is 39.2 Å². The second-order valence-corrected chi connectivity index (χ2v) is 31.3. The zero-order chi connectivity index (χ0) is 75.9. The van der Waals surface area contributed by atoms with E-state index in [1.807, 2.05) is 0 Å². The fourth-order valence-corrected chi connectivity index (χ4v) is 14.0. The van der Waals surface area contributed by atoms with Gasteiger partial charge >= 0.3 is 61.6 Å². The van der Waals surface area contributed by atoms with E-state index in [1.165, 1.54) is 255 Å². The van der Waals surface area contributed by atoms with Crippen LogP contribution < -0.4 is 0 Å². The molecule has 105 heavy (non-hydrogen) atoms. The first-order valence-corrected chi connectivity index (χ1v) is 44.9. The molecule has 17 heteroatoms. The molecule has 0 fully saturated rings. The maximum Gasteiger partial charge on any atom is 2.00 e. The van der Waals surface area contributed by atoms with Crippen LogP contribution in [0.15, 0.2) is 94.8 Å². The molecule has 2 aromatic carbocycles. The summed E-state index contributed by atoms with van der Waals surface area (Å²) in [5, 5.41) is 0. The molecule has 0 N–H and O–H groups in total. The number of carbonyl (C=O) groups is 4. The van der Waals surface area contributed by atoms with Crippen molar-refractivity contribution in [3.05, 3.63) is 107 Å². The monoisotopic (exact) mass is 1530 g/mol. The van der Waals surface area contributed by atoms with E-state index < -0.39 is 65.0 Å². The molecule has 0 amide bonds. The smallest absolute Gasteiger partial charge is 0.744 e. The molecule has 0 radical (unpaired) electrons. The van der Waals surface area contributed by atoms with Gasteiger partial charge in [0.15, 0.2) is 0 Å². The maximum absolute atomic E-state index is 13.0. The molecule has 0 heterocycles. The van der Waals surface area contributed by atoms with E-state index in [-0.39, 0.29) is 75.3 Å². The van der Waals surface area contributed by atoms with Gasteiger partial charge in [0.25, 0.3) is 0 Å². The number of hydrogen-bond acceptors (Lipinski definition) is 14. The Bertz CT molecular complexity index is 2610. The second kappa shape index (κ2) is 73.2. The predicted octanol–water partition coefficient (Wildman–Crippen LogP) is 25.6. The summed E-state index contributed by atoms with van der Waals surface area (Å²) < 4.78 is 93.2. The Hall–Kier alpha value is -3.64. The first-order valence-electron chi connectivity index (χ1n) is 42.1. The number of esters is 4. The minimum absolute atomic E-state index is 0. The third-order valence-corrected chi connectivity index (χ3v) is 20.8. The van der Waals surface area contributed by atoms with Crippen molar-refractivity contribution in [2.45, 2.75) is 397 Å². The van der Waals surface area contributed by atoms with Crippen molar-refractivity contribution in [2.75, 3.05) is 26.4 Å². The van der Waals surface area contributed by atoms with Crippen molar-refractivity contribution in [3.63, 3.8) is 0 Å². The summed E-state index contributed by atoms with van der Waals surface area (Å²) >= 11 is 0. The van der Waals surface area contributed by atoms with E-state index in [4.69, 9.17) is 18.9 Å². The van der Waals surface area contributed by atoms with Crippen LogP contribution in [0.25, 0.3) is 0 Å². The fraction of sp³-hybridized carbons (Fsp3) is 0.727. The van der Waals surface area contributed by atoms with Crippen LogP contribution in [0.5, 0.6) is 0 Å². The number of unbranched alkanes of at least 4 members (excludes halogenated alkanes) is 48. The molecule has 596 valence electrons. The Labute approximate surface area is 671 Å². The zero-order valence-corrected chi connectivity index (χ0v) is 70.6. The van der Waals surface area contributed by atoms with Crippen molar-refractivity contribution < 1.29 is 64.1 Å². The molecule has 0 atom stereocenters. The summed E-state index contributed by atoms with van der Waals surface area (Å²) in [4.78, 5) is 50.2. The molecule has 2 rings (SSSR count). The Morgan fingerprint density at radius 2 is 0.438 bits per heavy atom. The van der Waals surface area contributed by atoms with Gasteiger partial charge in [-0.3, -0.25) is 0 Å². The Kier molecular flexibility index (Phi) is 70.6. The SMILES string of the molecule is CCCCCCCCCCC/C=C/CCCCCOC(=O)c1cccc(S(=O)(=O)[O-])c1C(=O)OCCCCC/C=C/CCCCCCCCCCC.CCCCCCCCCCC/C=C/CCCCCOC(=O)c1cccc(S(=O)(=O)[O-])c1C(=O)OCCCCC/C=C/CCCCCCCCCCC.[Ca+2]. The molecular formula is C88H146CaO14S2. The van der Waals surface area contributed by atoms with E-state index in [2.05, 4.69) is 76.3 Å². The minimum Gasteiger partial charge on any atom is -0.744 e. The van der Waals surface area contributed by atoms with Gasteiger partial charge in [0.05, 0.1) is 58.5 Å². The number of benzene rings is 2. The van der Waals surface area contributed by atoms with Crippen LogP contribution in [-0.4, -0.2) is 114 Å². The number of rotatable bonds is 70.